The Morgan fingerprint density at radius 3 is 1.48 bits per heavy atom. The van der Waals surface area contributed by atoms with Crippen LogP contribution in [0.4, 0.5) is 0 Å². The number of benzene rings is 2. The van der Waals surface area contributed by atoms with E-state index in [1.165, 1.54) is 32.5 Å². The maximum Gasteiger partial charge on any atom is 0.277 e. The minimum Gasteiger partial charge on any atom is -0.492 e. The molecule has 2 fully saturated rings. The van der Waals surface area contributed by atoms with Crippen LogP contribution in [-0.4, -0.2) is 105 Å². The summed E-state index contributed by atoms with van der Waals surface area (Å²) in [5.41, 5.74) is 11.5. The van der Waals surface area contributed by atoms with Gasteiger partial charge in [-0.1, -0.05) is 37.5 Å². The maximum absolute atomic E-state index is 12.1. The van der Waals surface area contributed by atoms with Gasteiger partial charge in [-0.25, -0.2) is 9.97 Å². The number of hydrogen-bond acceptors (Lipinski definition) is 12. The number of nitrogens with zero attached hydrogens (tertiary/aromatic N) is 4. The molecule has 0 unspecified atom stereocenters. The van der Waals surface area contributed by atoms with Crippen molar-refractivity contribution in [2.75, 3.05) is 40.4 Å². The molecule has 16 heteroatoms. The standard InChI is InChI=1S/2C20H19N3O4S/c2*1-11-10-27-14-4-3-12(5-6-20(26)7-8-23(2)19(20)25)9-13(14)15-16(11)28-18(22-15)17(21)24/h2*3-4,9,11,26H,7-8,10H2,1-2H3,(H2,21,24)/t11-,20+;11-,20-/m10/s1. The van der Waals surface area contributed by atoms with E-state index in [1.54, 1.807) is 50.5 Å². The fourth-order valence-corrected chi connectivity index (χ4v) is 8.57. The monoisotopic (exact) mass is 794 g/mol. The van der Waals surface area contributed by atoms with Crippen LogP contribution in [0.25, 0.3) is 22.5 Å². The van der Waals surface area contributed by atoms with Crippen LogP contribution in [0.15, 0.2) is 36.4 Å². The van der Waals surface area contributed by atoms with Crippen molar-refractivity contribution in [1.29, 1.82) is 0 Å². The second-order valence-electron chi connectivity index (χ2n) is 14.2. The van der Waals surface area contributed by atoms with Crippen molar-refractivity contribution in [3.63, 3.8) is 0 Å². The van der Waals surface area contributed by atoms with Crippen molar-refractivity contribution in [3.8, 4) is 57.7 Å². The number of primary amides is 2. The largest absolute Gasteiger partial charge is 0.492 e. The average molecular weight is 795 g/mol. The van der Waals surface area contributed by atoms with Crippen molar-refractivity contribution < 1.29 is 38.9 Å². The third-order valence-electron chi connectivity index (χ3n) is 9.92. The average Bonchev–Trinajstić information content (AvgIpc) is 3.92. The lowest BCUT2D eigenvalue weighted by Crippen LogP contribution is -2.37. The third kappa shape index (κ3) is 7.20. The minimum atomic E-state index is -1.66. The highest BCUT2D eigenvalue weighted by Crippen LogP contribution is 2.43. The molecule has 0 bridgehead atoms. The summed E-state index contributed by atoms with van der Waals surface area (Å²) in [4.78, 5) is 61.0. The Labute approximate surface area is 330 Å². The maximum atomic E-state index is 12.1. The molecule has 6 N–H and O–H groups in total. The quantitative estimate of drug-likeness (QED) is 0.218. The first-order valence-electron chi connectivity index (χ1n) is 17.7. The highest BCUT2D eigenvalue weighted by molar-refractivity contribution is 7.14. The summed E-state index contributed by atoms with van der Waals surface area (Å²) in [7, 11) is 3.28. The number of likely N-dealkylation sites (N-methyl/N-ethyl adjacent to an activating group) is 2. The predicted molar refractivity (Wildman–Crippen MR) is 208 cm³/mol. The normalized spacial score (nSPS) is 23.2. The summed E-state index contributed by atoms with van der Waals surface area (Å²) in [5.74, 6) is 10.8. The second-order valence-corrected chi connectivity index (χ2v) is 16.3. The number of carbonyl (C=O) groups is 4. The number of amides is 4. The molecule has 6 heterocycles. The van der Waals surface area contributed by atoms with Crippen molar-refractivity contribution in [3.05, 3.63) is 67.3 Å². The van der Waals surface area contributed by atoms with Crippen LogP contribution in [0.1, 0.15) is 79.0 Å². The number of aliphatic hydroxyl groups is 2. The van der Waals surface area contributed by atoms with Gasteiger partial charge in [-0.2, -0.15) is 0 Å². The lowest BCUT2D eigenvalue weighted by Gasteiger charge is -2.13. The van der Waals surface area contributed by atoms with E-state index in [2.05, 4.69) is 33.6 Å². The number of rotatable bonds is 2. The van der Waals surface area contributed by atoms with Crippen molar-refractivity contribution in [2.24, 2.45) is 11.5 Å². The molecule has 288 valence electrons. The molecular weight excluding hydrogens is 757 g/mol. The van der Waals surface area contributed by atoms with E-state index in [4.69, 9.17) is 20.9 Å². The van der Waals surface area contributed by atoms with Gasteiger partial charge in [-0.3, -0.25) is 19.2 Å². The Balaban J connectivity index is 0.000000172. The summed E-state index contributed by atoms with van der Waals surface area (Å²) in [5, 5.41) is 21.5. The lowest BCUT2D eigenvalue weighted by molar-refractivity contribution is -0.138. The summed E-state index contributed by atoms with van der Waals surface area (Å²) in [6.07, 6.45) is 0.554. The number of likely N-dealkylation sites (tertiary alicyclic amines) is 2. The van der Waals surface area contributed by atoms with Gasteiger partial charge in [0.05, 0.1) is 24.6 Å². The Kier molecular flexibility index (Phi) is 10.1. The zero-order valence-electron chi connectivity index (χ0n) is 31.0. The zero-order chi connectivity index (χ0) is 40.1. The number of ether oxygens (including phenoxy) is 2. The van der Waals surface area contributed by atoms with Gasteiger partial charge in [0, 0.05) is 83.9 Å². The second kappa shape index (κ2) is 14.7. The Hall–Kier alpha value is -5.78. The van der Waals surface area contributed by atoms with Gasteiger partial charge >= 0.3 is 0 Å². The lowest BCUT2D eigenvalue weighted by atomic mass is 10.0. The summed E-state index contributed by atoms with van der Waals surface area (Å²) < 4.78 is 11.8. The molecule has 2 saturated heterocycles. The van der Waals surface area contributed by atoms with Crippen molar-refractivity contribution >= 4 is 46.3 Å². The van der Waals surface area contributed by atoms with Gasteiger partial charge < -0.3 is 41.0 Å². The van der Waals surface area contributed by atoms with Crippen LogP contribution in [0.2, 0.25) is 0 Å². The number of carbonyl (C=O) groups excluding carboxylic acids is 4. The predicted octanol–water partition coefficient (Wildman–Crippen LogP) is 2.70. The summed E-state index contributed by atoms with van der Waals surface area (Å²) in [6, 6.07) is 10.7. The summed E-state index contributed by atoms with van der Waals surface area (Å²) in [6.45, 7) is 5.88. The molecule has 4 aromatic rings. The Morgan fingerprint density at radius 2 is 1.14 bits per heavy atom. The molecule has 0 spiro atoms. The van der Waals surface area contributed by atoms with Gasteiger partial charge in [0.1, 0.15) is 11.5 Å². The fraction of sp³-hybridized carbons (Fsp3) is 0.350. The molecule has 4 aliphatic heterocycles. The van der Waals surface area contributed by atoms with Crippen LogP contribution in [0.3, 0.4) is 0 Å². The third-order valence-corrected chi connectivity index (χ3v) is 12.5. The highest BCUT2D eigenvalue weighted by atomic mass is 32.1. The van der Waals surface area contributed by atoms with Gasteiger partial charge in [0.2, 0.25) is 11.2 Å². The summed E-state index contributed by atoms with van der Waals surface area (Å²) >= 11 is 2.55. The van der Waals surface area contributed by atoms with Crippen LogP contribution < -0.4 is 20.9 Å². The van der Waals surface area contributed by atoms with E-state index >= 15 is 0 Å². The SMILES string of the molecule is C[C@@H]1COc2ccc(C#C[C@]3(O)CCN(C)C3=O)cc2-c2nc(C(N)=O)sc21.C[C@H]1COc2ccc(C#C[C@]3(O)CCN(C)C3=O)cc2-c2nc(C(N)=O)sc21. The number of thiazole rings is 2. The smallest absolute Gasteiger partial charge is 0.277 e. The van der Waals surface area contributed by atoms with Crippen molar-refractivity contribution in [2.45, 2.75) is 49.7 Å². The molecule has 2 aromatic carbocycles. The first kappa shape index (κ1) is 38.5. The topological polar surface area (TPSA) is 212 Å². The van der Waals surface area contributed by atoms with Crippen LogP contribution >= 0.6 is 22.7 Å². The van der Waals surface area contributed by atoms with Crippen LogP contribution in [0.5, 0.6) is 11.5 Å². The van der Waals surface area contributed by atoms with Gasteiger partial charge in [0.15, 0.2) is 10.0 Å². The molecule has 14 nitrogen and oxygen atoms in total. The molecule has 4 amide bonds. The van der Waals surface area contributed by atoms with E-state index in [1.807, 2.05) is 13.8 Å². The first-order chi connectivity index (χ1) is 26.6. The van der Waals surface area contributed by atoms with E-state index in [0.717, 1.165) is 20.9 Å². The van der Waals surface area contributed by atoms with E-state index < -0.39 is 23.0 Å². The molecule has 4 aliphatic rings. The Bertz CT molecular complexity index is 2270. The van der Waals surface area contributed by atoms with E-state index in [0.29, 0.717) is 60.3 Å². The minimum absolute atomic E-state index is 0.0647. The molecular formula is C40H38N6O8S2. The highest BCUT2D eigenvalue weighted by Gasteiger charge is 2.43. The van der Waals surface area contributed by atoms with Crippen LogP contribution in [0, 0.1) is 23.7 Å². The number of aromatic nitrogens is 2. The molecule has 4 atom stereocenters. The molecule has 56 heavy (non-hydrogen) atoms. The Morgan fingerprint density at radius 1 is 0.750 bits per heavy atom. The number of nitrogens with two attached hydrogens (primary N) is 2. The van der Waals surface area contributed by atoms with Crippen molar-refractivity contribution in [1.82, 2.24) is 19.8 Å². The first-order valence-corrected chi connectivity index (χ1v) is 19.4. The molecule has 0 aliphatic carbocycles. The van der Waals surface area contributed by atoms with E-state index in [-0.39, 0.29) is 46.5 Å². The van der Waals surface area contributed by atoms with E-state index in [9.17, 15) is 29.4 Å². The molecule has 0 radical (unpaired) electrons. The van der Waals surface area contributed by atoms with Gasteiger partial charge in [-0.05, 0) is 36.4 Å². The molecule has 8 rings (SSSR count). The van der Waals surface area contributed by atoms with Crippen LogP contribution in [-0.2, 0) is 9.59 Å². The fourth-order valence-electron chi connectivity index (χ4n) is 6.64. The molecule has 2 aromatic heterocycles. The molecule has 0 saturated carbocycles. The van der Waals surface area contributed by atoms with Gasteiger partial charge in [0.25, 0.3) is 23.6 Å². The van der Waals surface area contributed by atoms with Gasteiger partial charge in [-0.15, -0.1) is 22.7 Å². The number of fused-ring (bicyclic) bond motifs is 6. The zero-order valence-corrected chi connectivity index (χ0v) is 32.6. The number of hydrogen-bond donors (Lipinski definition) is 4.